The Bertz CT molecular complexity index is 599. The standard InChI is InChI=1S/C16H21N3O/c1-12-10-19(7-8-20-12)11-14-9-13-5-3-4-6-15(13)18-16(14)17-2/h3-6,9,12H,7-8,10-11H2,1-2H3,(H,17,18). The van der Waals surface area contributed by atoms with Crippen molar-refractivity contribution < 1.29 is 4.74 Å². The van der Waals surface area contributed by atoms with Gasteiger partial charge < -0.3 is 10.1 Å². The summed E-state index contributed by atoms with van der Waals surface area (Å²) in [5.41, 5.74) is 2.29. The van der Waals surface area contributed by atoms with Crippen molar-refractivity contribution in [2.45, 2.75) is 19.6 Å². The van der Waals surface area contributed by atoms with Crippen LogP contribution >= 0.6 is 0 Å². The van der Waals surface area contributed by atoms with Gasteiger partial charge in [0.05, 0.1) is 18.2 Å². The lowest BCUT2D eigenvalue weighted by Crippen LogP contribution is -2.40. The minimum Gasteiger partial charge on any atom is -0.376 e. The molecule has 20 heavy (non-hydrogen) atoms. The summed E-state index contributed by atoms with van der Waals surface area (Å²) in [7, 11) is 1.93. The Labute approximate surface area is 119 Å². The lowest BCUT2D eigenvalue weighted by atomic mass is 10.1. The number of morpholine rings is 1. The number of ether oxygens (including phenoxy) is 1. The maximum Gasteiger partial charge on any atom is 0.130 e. The number of pyridine rings is 1. The van der Waals surface area contributed by atoms with Gasteiger partial charge in [-0.3, -0.25) is 4.90 Å². The summed E-state index contributed by atoms with van der Waals surface area (Å²) in [5.74, 6) is 0.975. The van der Waals surface area contributed by atoms with E-state index >= 15 is 0 Å². The van der Waals surface area contributed by atoms with Crippen LogP contribution in [0.3, 0.4) is 0 Å². The summed E-state index contributed by atoms with van der Waals surface area (Å²) in [4.78, 5) is 7.14. The first kappa shape index (κ1) is 13.3. The zero-order valence-corrected chi connectivity index (χ0v) is 12.1. The van der Waals surface area contributed by atoms with Crippen LogP contribution in [0.4, 0.5) is 5.82 Å². The van der Waals surface area contributed by atoms with E-state index < -0.39 is 0 Å². The highest BCUT2D eigenvalue weighted by molar-refractivity contribution is 5.81. The van der Waals surface area contributed by atoms with Gasteiger partial charge in [0.1, 0.15) is 5.82 Å². The quantitative estimate of drug-likeness (QED) is 0.930. The molecule has 1 N–H and O–H groups in total. The first-order valence-electron chi connectivity index (χ1n) is 7.16. The Kier molecular flexibility index (Phi) is 3.85. The summed E-state index contributed by atoms with van der Waals surface area (Å²) >= 11 is 0. The van der Waals surface area contributed by atoms with E-state index in [4.69, 9.17) is 9.72 Å². The fraction of sp³-hybridized carbons (Fsp3) is 0.438. The van der Waals surface area contributed by atoms with Crippen LogP contribution in [-0.4, -0.2) is 42.7 Å². The minimum absolute atomic E-state index is 0.315. The highest BCUT2D eigenvalue weighted by Gasteiger charge is 2.18. The van der Waals surface area contributed by atoms with Gasteiger partial charge in [0.15, 0.2) is 0 Å². The Balaban J connectivity index is 1.89. The van der Waals surface area contributed by atoms with Crippen molar-refractivity contribution in [3.8, 4) is 0 Å². The second-order valence-corrected chi connectivity index (χ2v) is 5.36. The molecule has 3 rings (SSSR count). The largest absolute Gasteiger partial charge is 0.376 e. The highest BCUT2D eigenvalue weighted by atomic mass is 16.5. The molecule has 0 radical (unpaired) electrons. The number of hydrogen-bond acceptors (Lipinski definition) is 4. The van der Waals surface area contributed by atoms with Gasteiger partial charge in [-0.25, -0.2) is 4.98 Å². The molecule has 0 bridgehead atoms. The van der Waals surface area contributed by atoms with E-state index in [-0.39, 0.29) is 0 Å². The van der Waals surface area contributed by atoms with Crippen LogP contribution in [0.1, 0.15) is 12.5 Å². The third kappa shape index (κ3) is 2.76. The van der Waals surface area contributed by atoms with Crippen LogP contribution in [0.25, 0.3) is 10.9 Å². The number of benzene rings is 1. The van der Waals surface area contributed by atoms with Gasteiger partial charge >= 0.3 is 0 Å². The Hall–Kier alpha value is -1.65. The molecule has 0 spiro atoms. The van der Waals surface area contributed by atoms with Crippen molar-refractivity contribution >= 4 is 16.7 Å². The van der Waals surface area contributed by atoms with Gasteiger partial charge in [-0.1, -0.05) is 18.2 Å². The Morgan fingerprint density at radius 2 is 2.25 bits per heavy atom. The Morgan fingerprint density at radius 1 is 1.40 bits per heavy atom. The molecule has 1 atom stereocenters. The van der Waals surface area contributed by atoms with Crippen molar-refractivity contribution in [2.24, 2.45) is 0 Å². The average molecular weight is 271 g/mol. The molecule has 1 aliphatic rings. The summed E-state index contributed by atoms with van der Waals surface area (Å²) < 4.78 is 5.60. The summed E-state index contributed by atoms with van der Waals surface area (Å²) in [6.45, 7) is 5.83. The predicted octanol–water partition coefficient (Wildman–Crippen LogP) is 2.50. The Morgan fingerprint density at radius 3 is 3.05 bits per heavy atom. The van der Waals surface area contributed by atoms with Crippen LogP contribution in [0.2, 0.25) is 0 Å². The van der Waals surface area contributed by atoms with Crippen LogP contribution in [0.15, 0.2) is 30.3 Å². The molecule has 1 aliphatic heterocycles. The minimum atomic E-state index is 0.315. The molecule has 1 unspecified atom stereocenters. The SMILES string of the molecule is CNc1nc2ccccc2cc1CN1CCOC(C)C1. The monoisotopic (exact) mass is 271 g/mol. The molecule has 0 aliphatic carbocycles. The zero-order chi connectivity index (χ0) is 13.9. The van der Waals surface area contributed by atoms with E-state index in [1.54, 1.807) is 0 Å². The van der Waals surface area contributed by atoms with E-state index in [1.165, 1.54) is 10.9 Å². The van der Waals surface area contributed by atoms with Crippen LogP contribution in [0, 0.1) is 0 Å². The maximum absolute atomic E-state index is 5.60. The second-order valence-electron chi connectivity index (χ2n) is 5.36. The number of anilines is 1. The summed E-state index contributed by atoms with van der Waals surface area (Å²) in [6, 6.07) is 10.5. The van der Waals surface area contributed by atoms with Gasteiger partial charge in [-0.15, -0.1) is 0 Å². The van der Waals surface area contributed by atoms with Gasteiger partial charge in [-0.05, 0) is 19.1 Å². The van der Waals surface area contributed by atoms with E-state index in [1.807, 2.05) is 13.1 Å². The normalized spacial score (nSPS) is 20.2. The zero-order valence-electron chi connectivity index (χ0n) is 12.1. The van der Waals surface area contributed by atoms with Gasteiger partial charge in [0, 0.05) is 37.6 Å². The highest BCUT2D eigenvalue weighted by Crippen LogP contribution is 2.22. The first-order valence-corrected chi connectivity index (χ1v) is 7.16. The molecule has 4 heteroatoms. The van der Waals surface area contributed by atoms with Crippen LogP contribution in [0.5, 0.6) is 0 Å². The molecular formula is C16H21N3O. The number of nitrogens with zero attached hydrogens (tertiary/aromatic N) is 2. The van der Waals surface area contributed by atoms with E-state index in [0.29, 0.717) is 6.10 Å². The molecule has 1 aromatic carbocycles. The summed E-state index contributed by atoms with van der Waals surface area (Å²) in [6.07, 6.45) is 0.315. The molecule has 0 saturated carbocycles. The number of para-hydroxylation sites is 1. The number of aromatic nitrogens is 1. The molecule has 1 aromatic heterocycles. The fourth-order valence-corrected chi connectivity index (χ4v) is 2.77. The fourth-order valence-electron chi connectivity index (χ4n) is 2.77. The smallest absolute Gasteiger partial charge is 0.130 e. The molecule has 2 aromatic rings. The molecule has 106 valence electrons. The third-order valence-corrected chi connectivity index (χ3v) is 3.76. The second kappa shape index (κ2) is 5.77. The molecule has 1 saturated heterocycles. The van der Waals surface area contributed by atoms with Crippen molar-refractivity contribution in [2.75, 3.05) is 32.1 Å². The topological polar surface area (TPSA) is 37.4 Å². The molecule has 4 nitrogen and oxygen atoms in total. The van der Waals surface area contributed by atoms with E-state index in [9.17, 15) is 0 Å². The predicted molar refractivity (Wildman–Crippen MR) is 82.0 cm³/mol. The van der Waals surface area contributed by atoms with Crippen molar-refractivity contribution in [1.29, 1.82) is 0 Å². The lowest BCUT2D eigenvalue weighted by Gasteiger charge is -2.31. The molecule has 1 fully saturated rings. The number of rotatable bonds is 3. The lowest BCUT2D eigenvalue weighted by molar-refractivity contribution is -0.0211. The molecule has 2 heterocycles. The van der Waals surface area contributed by atoms with Gasteiger partial charge in [0.2, 0.25) is 0 Å². The van der Waals surface area contributed by atoms with Gasteiger partial charge in [0.25, 0.3) is 0 Å². The number of hydrogen-bond donors (Lipinski definition) is 1. The maximum atomic E-state index is 5.60. The summed E-state index contributed by atoms with van der Waals surface area (Å²) in [5, 5.41) is 4.42. The van der Waals surface area contributed by atoms with Crippen molar-refractivity contribution in [3.63, 3.8) is 0 Å². The molecule has 0 amide bonds. The molecular weight excluding hydrogens is 250 g/mol. The average Bonchev–Trinajstić information content (AvgIpc) is 2.46. The number of nitrogens with one attached hydrogen (secondary N) is 1. The van der Waals surface area contributed by atoms with Crippen molar-refractivity contribution in [1.82, 2.24) is 9.88 Å². The van der Waals surface area contributed by atoms with Crippen LogP contribution < -0.4 is 5.32 Å². The van der Waals surface area contributed by atoms with Crippen LogP contribution in [-0.2, 0) is 11.3 Å². The van der Waals surface area contributed by atoms with Crippen molar-refractivity contribution in [3.05, 3.63) is 35.9 Å². The number of fused-ring (bicyclic) bond motifs is 1. The van der Waals surface area contributed by atoms with Gasteiger partial charge in [-0.2, -0.15) is 0 Å². The first-order chi connectivity index (χ1) is 9.76. The van der Waals surface area contributed by atoms with E-state index in [0.717, 1.165) is 37.6 Å². The third-order valence-electron chi connectivity index (χ3n) is 3.76. The van der Waals surface area contributed by atoms with E-state index in [2.05, 4.69) is 41.4 Å².